The van der Waals surface area contributed by atoms with E-state index in [4.69, 9.17) is 26.8 Å². The van der Waals surface area contributed by atoms with Gasteiger partial charge in [-0.05, 0) is 47.9 Å². The average Bonchev–Trinajstić information content (AvgIpc) is 2.81. The molecule has 3 aromatic rings. The van der Waals surface area contributed by atoms with Crippen LogP contribution in [0.25, 0.3) is 0 Å². The van der Waals surface area contributed by atoms with E-state index in [0.29, 0.717) is 35.4 Å². The molecule has 0 amide bonds. The number of hydrogen-bond donors (Lipinski definition) is 2. The Bertz CT molecular complexity index is 1260. The molecule has 10 heteroatoms. The Morgan fingerprint density at radius 3 is 2.43 bits per heavy atom. The van der Waals surface area contributed by atoms with Gasteiger partial charge in [0.15, 0.2) is 0 Å². The normalized spacial score (nSPS) is 11.8. The minimum absolute atomic E-state index is 0.00678. The Morgan fingerprint density at radius 2 is 1.80 bits per heavy atom. The largest absolute Gasteiger partial charge is 0.492 e. The molecule has 2 aromatic carbocycles. The molecule has 0 unspecified atom stereocenters. The molecule has 0 atom stereocenters. The van der Waals surface area contributed by atoms with Crippen molar-refractivity contribution in [3.8, 4) is 11.5 Å². The van der Waals surface area contributed by atoms with Crippen LogP contribution in [0.3, 0.4) is 0 Å². The van der Waals surface area contributed by atoms with Gasteiger partial charge in [0.05, 0.1) is 23.6 Å². The first-order valence-corrected chi connectivity index (χ1v) is 13.5. The van der Waals surface area contributed by atoms with Gasteiger partial charge >= 0.3 is 0 Å². The monoisotopic (exact) mass is 518 g/mol. The number of rotatable bonds is 11. The minimum Gasteiger partial charge on any atom is -0.492 e. The number of aromatic nitrogens is 2. The van der Waals surface area contributed by atoms with Gasteiger partial charge in [-0.2, -0.15) is 0 Å². The highest BCUT2D eigenvalue weighted by Crippen LogP contribution is 2.38. The number of nitrogens with two attached hydrogens (primary N) is 1. The molecule has 3 rings (SSSR count). The maximum atomic E-state index is 11.4. The van der Waals surface area contributed by atoms with Crippen molar-refractivity contribution in [2.45, 2.75) is 45.8 Å². The van der Waals surface area contributed by atoms with E-state index in [1.165, 1.54) is 6.20 Å². The maximum absolute atomic E-state index is 11.4. The highest BCUT2D eigenvalue weighted by atomic mass is 35.5. The van der Waals surface area contributed by atoms with Crippen LogP contribution in [0.1, 0.15) is 49.6 Å². The topological polar surface area (TPSA) is 116 Å². The van der Waals surface area contributed by atoms with Gasteiger partial charge in [-0.1, -0.05) is 44.5 Å². The lowest BCUT2D eigenvalue weighted by molar-refractivity contribution is 0.301. The summed E-state index contributed by atoms with van der Waals surface area (Å²) < 4.78 is 36.7. The smallest absolute Gasteiger partial charge is 0.236 e. The number of benzene rings is 2. The predicted octanol–water partition coefficient (Wildman–Crippen LogP) is 4.65. The second-order valence-corrected chi connectivity index (χ2v) is 10.8. The van der Waals surface area contributed by atoms with Gasteiger partial charge in [0.1, 0.15) is 18.1 Å². The Hall–Kier alpha value is -2.88. The molecule has 0 aliphatic heterocycles. The number of nitrogens with one attached hydrogen (secondary N) is 1. The van der Waals surface area contributed by atoms with Gasteiger partial charge in [-0.15, -0.1) is 0 Å². The summed E-state index contributed by atoms with van der Waals surface area (Å²) in [5.41, 5.74) is 9.18. The maximum Gasteiger partial charge on any atom is 0.236 e. The molecule has 0 saturated carbocycles. The zero-order chi connectivity index (χ0) is 25.6. The van der Waals surface area contributed by atoms with Crippen LogP contribution in [-0.4, -0.2) is 31.2 Å². The third kappa shape index (κ3) is 7.06. The number of anilines is 1. The molecular weight excluding hydrogens is 488 g/mol. The first-order valence-electron chi connectivity index (χ1n) is 11.2. The summed E-state index contributed by atoms with van der Waals surface area (Å²) >= 11 is 6.56. The second kappa shape index (κ2) is 11.2. The van der Waals surface area contributed by atoms with Crippen LogP contribution in [-0.2, 0) is 28.6 Å². The number of ether oxygens (including phenoxy) is 2. The number of sulfonamides is 1. The van der Waals surface area contributed by atoms with Gasteiger partial charge in [0.25, 0.3) is 0 Å². The Labute approximate surface area is 211 Å². The van der Waals surface area contributed by atoms with Crippen LogP contribution in [0, 0.1) is 0 Å². The second-order valence-electron chi connectivity index (χ2n) is 8.68. The number of nitrogens with zero attached hydrogens (tertiary/aromatic N) is 2. The van der Waals surface area contributed by atoms with Crippen LogP contribution in [0.5, 0.6) is 11.5 Å². The van der Waals surface area contributed by atoms with Crippen LogP contribution >= 0.6 is 11.6 Å². The summed E-state index contributed by atoms with van der Waals surface area (Å²) in [7, 11) is -3.45. The Balaban J connectivity index is 1.74. The van der Waals surface area contributed by atoms with Crippen molar-refractivity contribution in [2.75, 3.05) is 17.6 Å². The first-order chi connectivity index (χ1) is 16.5. The quantitative estimate of drug-likeness (QED) is 0.379. The highest BCUT2D eigenvalue weighted by molar-refractivity contribution is 7.91. The molecule has 188 valence electrons. The van der Waals surface area contributed by atoms with Crippen molar-refractivity contribution < 1.29 is 17.9 Å². The summed E-state index contributed by atoms with van der Waals surface area (Å²) in [6.45, 7) is 7.37. The van der Waals surface area contributed by atoms with E-state index < -0.39 is 10.0 Å². The van der Waals surface area contributed by atoms with E-state index in [-0.39, 0.29) is 18.0 Å². The molecular formula is C25H31ClN4O4S. The van der Waals surface area contributed by atoms with Gasteiger partial charge in [0.2, 0.25) is 16.0 Å². The molecule has 3 N–H and O–H groups in total. The number of hydrogen-bond acceptors (Lipinski definition) is 7. The SMILES string of the molecule is CCCOc1c(Cl)cc(C(C)(C)c2ccc(OCc3ccnc(NS(C)(=O)=O)n3)cc2)cc1CN. The Morgan fingerprint density at radius 1 is 1.09 bits per heavy atom. The predicted molar refractivity (Wildman–Crippen MR) is 139 cm³/mol. The van der Waals surface area contributed by atoms with Gasteiger partial charge in [-0.3, -0.25) is 4.72 Å². The van der Waals surface area contributed by atoms with Crippen LogP contribution in [0.4, 0.5) is 5.95 Å². The third-order valence-corrected chi connectivity index (χ3v) is 6.30. The van der Waals surface area contributed by atoms with Gasteiger partial charge in [-0.25, -0.2) is 18.4 Å². The molecule has 0 aliphatic carbocycles. The van der Waals surface area contributed by atoms with Crippen molar-refractivity contribution in [3.05, 3.63) is 76.1 Å². The van der Waals surface area contributed by atoms with E-state index in [0.717, 1.165) is 29.4 Å². The minimum atomic E-state index is -3.45. The molecule has 0 fully saturated rings. The van der Waals surface area contributed by atoms with Crippen molar-refractivity contribution in [1.29, 1.82) is 0 Å². The first kappa shape index (κ1) is 26.7. The van der Waals surface area contributed by atoms with E-state index in [2.05, 4.69) is 34.6 Å². The zero-order valence-electron chi connectivity index (χ0n) is 20.3. The number of halogens is 1. The van der Waals surface area contributed by atoms with Gasteiger partial charge in [0, 0.05) is 23.7 Å². The van der Waals surface area contributed by atoms with Crippen LogP contribution in [0.15, 0.2) is 48.7 Å². The highest BCUT2D eigenvalue weighted by Gasteiger charge is 2.25. The fraction of sp³-hybridized carbons (Fsp3) is 0.360. The summed E-state index contributed by atoms with van der Waals surface area (Å²) in [6.07, 6.45) is 3.41. The molecule has 0 aliphatic rings. The van der Waals surface area contributed by atoms with Crippen molar-refractivity contribution in [1.82, 2.24) is 9.97 Å². The van der Waals surface area contributed by atoms with E-state index >= 15 is 0 Å². The average molecular weight is 519 g/mol. The summed E-state index contributed by atoms with van der Waals surface area (Å²) in [4.78, 5) is 8.06. The standard InChI is InChI=1S/C25H31ClN4O4S/c1-5-12-33-23-17(15-27)13-19(14-22(23)26)25(2,3)18-6-8-21(9-7-18)34-16-20-10-11-28-24(29-20)30-35(4,31)32/h6-11,13-14H,5,12,15-16,27H2,1-4H3,(H,28,29,30). The lowest BCUT2D eigenvalue weighted by atomic mass is 9.77. The molecule has 35 heavy (non-hydrogen) atoms. The van der Waals surface area contributed by atoms with Crippen molar-refractivity contribution in [2.24, 2.45) is 5.73 Å². The van der Waals surface area contributed by atoms with Crippen molar-refractivity contribution in [3.63, 3.8) is 0 Å². The van der Waals surface area contributed by atoms with Crippen molar-refractivity contribution >= 4 is 27.6 Å². The fourth-order valence-electron chi connectivity index (χ4n) is 3.51. The fourth-order valence-corrected chi connectivity index (χ4v) is 4.24. The molecule has 0 bridgehead atoms. The lowest BCUT2D eigenvalue weighted by Gasteiger charge is -2.28. The summed E-state index contributed by atoms with van der Waals surface area (Å²) in [5.74, 6) is 1.32. The van der Waals surface area contributed by atoms with Crippen LogP contribution in [0.2, 0.25) is 5.02 Å². The van der Waals surface area contributed by atoms with E-state index in [9.17, 15) is 8.42 Å². The van der Waals surface area contributed by atoms with Gasteiger partial charge < -0.3 is 15.2 Å². The molecule has 8 nitrogen and oxygen atoms in total. The van der Waals surface area contributed by atoms with E-state index in [1.807, 2.05) is 37.3 Å². The molecule has 0 radical (unpaired) electrons. The zero-order valence-corrected chi connectivity index (χ0v) is 21.9. The lowest BCUT2D eigenvalue weighted by Crippen LogP contribution is -2.20. The summed E-state index contributed by atoms with van der Waals surface area (Å²) in [6, 6.07) is 13.4. The Kier molecular flexibility index (Phi) is 8.58. The van der Waals surface area contributed by atoms with Crippen LogP contribution < -0.4 is 19.9 Å². The molecule has 0 spiro atoms. The molecule has 0 saturated heterocycles. The molecule has 1 heterocycles. The summed E-state index contributed by atoms with van der Waals surface area (Å²) in [5, 5.41) is 0.555. The van der Waals surface area contributed by atoms with E-state index in [1.54, 1.807) is 6.07 Å². The third-order valence-electron chi connectivity index (χ3n) is 5.47. The molecule has 1 aromatic heterocycles.